The van der Waals surface area contributed by atoms with E-state index in [1.54, 1.807) is 0 Å². The molecule has 0 atom stereocenters. The fourth-order valence-corrected chi connectivity index (χ4v) is 1.43. The molecule has 94 valence electrons. The van der Waals surface area contributed by atoms with E-state index in [1.807, 2.05) is 0 Å². The normalized spacial score (nSPS) is 10.2. The van der Waals surface area contributed by atoms with Crippen molar-refractivity contribution in [3.63, 3.8) is 0 Å². The van der Waals surface area contributed by atoms with Crippen molar-refractivity contribution < 1.29 is 9.32 Å². The molecule has 5 N–H and O–H groups in total. The van der Waals surface area contributed by atoms with E-state index < -0.39 is 5.91 Å². The second-order valence-corrected chi connectivity index (χ2v) is 3.54. The summed E-state index contributed by atoms with van der Waals surface area (Å²) >= 11 is 0. The zero-order chi connectivity index (χ0) is 13.0. The smallest absolute Gasteiger partial charge is 0.250 e. The monoisotopic (exact) mass is 248 g/mol. The van der Waals surface area contributed by atoms with E-state index in [0.717, 1.165) is 0 Å². The lowest BCUT2D eigenvalue weighted by molar-refractivity contribution is 0.100. The van der Waals surface area contributed by atoms with E-state index in [4.69, 9.17) is 11.5 Å². The molecule has 1 amide bonds. The molecule has 0 aliphatic heterocycles. The Kier molecular flexibility index (Phi) is 3.37. The van der Waals surface area contributed by atoms with Crippen LogP contribution in [0.4, 0.5) is 11.5 Å². The number of aromatic nitrogens is 3. The Hall–Kier alpha value is -2.64. The van der Waals surface area contributed by atoms with Crippen molar-refractivity contribution in [1.29, 1.82) is 0 Å². The zero-order valence-electron chi connectivity index (χ0n) is 9.46. The Morgan fingerprint density at radius 3 is 2.94 bits per heavy atom. The Balaban J connectivity index is 2.02. The van der Waals surface area contributed by atoms with Gasteiger partial charge in [-0.25, -0.2) is 4.98 Å². The summed E-state index contributed by atoms with van der Waals surface area (Å²) in [6, 6.07) is 1.43. The quantitative estimate of drug-likeness (QED) is 0.667. The molecule has 0 spiro atoms. The Morgan fingerprint density at radius 2 is 2.28 bits per heavy atom. The van der Waals surface area contributed by atoms with Crippen LogP contribution in [0.15, 0.2) is 23.2 Å². The average Bonchev–Trinajstić information content (AvgIpc) is 2.84. The van der Waals surface area contributed by atoms with Gasteiger partial charge in [-0.2, -0.15) is 4.98 Å². The van der Waals surface area contributed by atoms with Crippen LogP contribution in [-0.4, -0.2) is 27.6 Å². The van der Waals surface area contributed by atoms with Gasteiger partial charge in [0, 0.05) is 13.0 Å². The van der Waals surface area contributed by atoms with Gasteiger partial charge in [0.2, 0.25) is 6.39 Å². The molecular weight excluding hydrogens is 236 g/mol. The van der Waals surface area contributed by atoms with Crippen LogP contribution in [-0.2, 0) is 6.42 Å². The van der Waals surface area contributed by atoms with Crippen LogP contribution in [0.3, 0.4) is 0 Å². The zero-order valence-corrected chi connectivity index (χ0v) is 9.46. The summed E-state index contributed by atoms with van der Waals surface area (Å²) in [5.74, 6) is 0.255. The lowest BCUT2D eigenvalue weighted by atomic mass is 10.2. The molecule has 0 radical (unpaired) electrons. The van der Waals surface area contributed by atoms with Gasteiger partial charge in [-0.05, 0) is 6.07 Å². The number of anilines is 2. The van der Waals surface area contributed by atoms with Crippen LogP contribution in [0.5, 0.6) is 0 Å². The third-order valence-electron chi connectivity index (χ3n) is 2.26. The van der Waals surface area contributed by atoms with Crippen LogP contribution in [0.25, 0.3) is 0 Å². The number of hydrogen-bond donors (Lipinski definition) is 3. The minimum Gasteiger partial charge on any atom is -0.384 e. The second kappa shape index (κ2) is 5.13. The molecule has 0 bridgehead atoms. The minimum absolute atomic E-state index is 0.243. The van der Waals surface area contributed by atoms with Crippen molar-refractivity contribution >= 4 is 17.4 Å². The molecular formula is C10H12N6O2. The summed E-state index contributed by atoms with van der Waals surface area (Å²) in [6.07, 6.45) is 3.28. The number of nitrogens with two attached hydrogens (primary N) is 2. The Bertz CT molecular complexity index is 539. The highest BCUT2D eigenvalue weighted by Gasteiger charge is 2.09. The van der Waals surface area contributed by atoms with Crippen molar-refractivity contribution in [2.75, 3.05) is 17.6 Å². The SMILES string of the molecule is NC(=O)c1cc(N)ncc1NCCc1ncon1. The molecule has 2 aromatic rings. The maximum Gasteiger partial charge on any atom is 0.250 e. The number of nitrogen functional groups attached to an aromatic ring is 1. The lowest BCUT2D eigenvalue weighted by Gasteiger charge is -2.08. The van der Waals surface area contributed by atoms with E-state index >= 15 is 0 Å². The number of hydrogen-bond acceptors (Lipinski definition) is 7. The van der Waals surface area contributed by atoms with Gasteiger partial charge in [-0.15, -0.1) is 0 Å². The summed E-state index contributed by atoms with van der Waals surface area (Å²) in [6.45, 7) is 0.519. The van der Waals surface area contributed by atoms with Crippen molar-refractivity contribution in [3.05, 3.63) is 30.0 Å². The van der Waals surface area contributed by atoms with Gasteiger partial charge in [0.15, 0.2) is 5.82 Å². The van der Waals surface area contributed by atoms with E-state index in [1.165, 1.54) is 18.7 Å². The molecule has 2 aromatic heterocycles. The van der Waals surface area contributed by atoms with Crippen LogP contribution >= 0.6 is 0 Å². The van der Waals surface area contributed by atoms with Gasteiger partial charge < -0.3 is 21.3 Å². The highest BCUT2D eigenvalue weighted by molar-refractivity contribution is 5.98. The lowest BCUT2D eigenvalue weighted by Crippen LogP contribution is -2.16. The van der Waals surface area contributed by atoms with Crippen molar-refractivity contribution in [3.8, 4) is 0 Å². The molecule has 0 saturated carbocycles. The predicted octanol–water partition coefficient (Wildman–Crippen LogP) is -0.200. The first-order chi connectivity index (χ1) is 8.66. The van der Waals surface area contributed by atoms with Crippen LogP contribution in [0, 0.1) is 0 Å². The topological polar surface area (TPSA) is 133 Å². The van der Waals surface area contributed by atoms with Crippen molar-refractivity contribution in [1.82, 2.24) is 15.1 Å². The van der Waals surface area contributed by atoms with Gasteiger partial charge in [0.25, 0.3) is 5.91 Å². The molecule has 0 saturated heterocycles. The maximum atomic E-state index is 11.2. The average molecular weight is 248 g/mol. The molecule has 0 unspecified atom stereocenters. The van der Waals surface area contributed by atoms with Gasteiger partial charge in [0.1, 0.15) is 5.82 Å². The highest BCUT2D eigenvalue weighted by atomic mass is 16.5. The number of primary amides is 1. The van der Waals surface area contributed by atoms with Crippen molar-refractivity contribution in [2.45, 2.75) is 6.42 Å². The fourth-order valence-electron chi connectivity index (χ4n) is 1.43. The molecule has 8 nitrogen and oxygen atoms in total. The Labute approximate surface area is 102 Å². The number of nitrogens with zero attached hydrogens (tertiary/aromatic N) is 3. The molecule has 0 aromatic carbocycles. The van der Waals surface area contributed by atoms with Crippen LogP contribution in [0.1, 0.15) is 16.2 Å². The summed E-state index contributed by atoms with van der Waals surface area (Å²) in [7, 11) is 0. The first kappa shape index (κ1) is 11.8. The summed E-state index contributed by atoms with van der Waals surface area (Å²) in [5, 5.41) is 6.69. The van der Waals surface area contributed by atoms with Gasteiger partial charge in [-0.1, -0.05) is 5.16 Å². The number of rotatable bonds is 5. The third-order valence-corrected chi connectivity index (χ3v) is 2.26. The first-order valence-corrected chi connectivity index (χ1v) is 5.21. The predicted molar refractivity (Wildman–Crippen MR) is 63.7 cm³/mol. The molecule has 0 aliphatic carbocycles. The molecule has 2 rings (SSSR count). The standard InChI is InChI=1S/C10H12N6O2/c11-8-3-6(10(12)17)7(4-14-8)13-2-1-9-15-5-18-16-9/h3-5,13H,1-2H2,(H2,11,14)(H2,12,17). The number of pyridine rings is 1. The Morgan fingerprint density at radius 1 is 1.44 bits per heavy atom. The van der Waals surface area contributed by atoms with Gasteiger partial charge in [-0.3, -0.25) is 4.79 Å². The summed E-state index contributed by atoms with van der Waals surface area (Å²) in [4.78, 5) is 19.0. The fraction of sp³-hybridized carbons (Fsp3) is 0.200. The first-order valence-electron chi connectivity index (χ1n) is 5.21. The minimum atomic E-state index is -0.564. The third kappa shape index (κ3) is 2.73. The number of carbonyl (C=O) groups is 1. The summed E-state index contributed by atoms with van der Waals surface area (Å²) in [5.41, 5.74) is 11.6. The number of nitrogens with one attached hydrogen (secondary N) is 1. The van der Waals surface area contributed by atoms with E-state index in [9.17, 15) is 4.79 Å². The van der Waals surface area contributed by atoms with E-state index in [0.29, 0.717) is 30.0 Å². The van der Waals surface area contributed by atoms with Crippen LogP contribution < -0.4 is 16.8 Å². The highest BCUT2D eigenvalue weighted by Crippen LogP contribution is 2.15. The van der Waals surface area contributed by atoms with E-state index in [2.05, 4.69) is 25.0 Å². The van der Waals surface area contributed by atoms with Crippen LogP contribution in [0.2, 0.25) is 0 Å². The van der Waals surface area contributed by atoms with E-state index in [-0.39, 0.29) is 5.82 Å². The van der Waals surface area contributed by atoms with Gasteiger partial charge in [0.05, 0.1) is 17.4 Å². The largest absolute Gasteiger partial charge is 0.384 e. The van der Waals surface area contributed by atoms with Crippen molar-refractivity contribution in [2.24, 2.45) is 5.73 Å². The molecule has 18 heavy (non-hydrogen) atoms. The molecule has 0 aliphatic rings. The van der Waals surface area contributed by atoms with Gasteiger partial charge >= 0.3 is 0 Å². The molecule has 8 heteroatoms. The summed E-state index contributed by atoms with van der Waals surface area (Å²) < 4.78 is 4.60. The maximum absolute atomic E-state index is 11.2. The second-order valence-electron chi connectivity index (χ2n) is 3.54. The number of amides is 1. The molecule has 2 heterocycles. The molecule has 0 fully saturated rings. The number of carbonyl (C=O) groups excluding carboxylic acids is 1.